The molecule has 0 radical (unpaired) electrons. The van der Waals surface area contributed by atoms with Crippen LogP contribution < -0.4 is 24.7 Å². The van der Waals surface area contributed by atoms with Gasteiger partial charge in [0.15, 0.2) is 17.3 Å². The van der Waals surface area contributed by atoms with E-state index in [-0.39, 0.29) is 18.3 Å². The smallest absolute Gasteiger partial charge is 0.442 e. The van der Waals surface area contributed by atoms with Crippen LogP contribution in [0.15, 0.2) is 50.2 Å². The van der Waals surface area contributed by atoms with Crippen molar-refractivity contribution in [2.45, 2.75) is 6.54 Å². The number of aromatic nitrogens is 4. The highest BCUT2D eigenvalue weighted by molar-refractivity contribution is 5.65. The number of nitrogens with zero attached hydrogens (tertiary/aromatic N) is 4. The van der Waals surface area contributed by atoms with E-state index >= 15 is 0 Å². The number of rotatable bonds is 8. The molecular weight excluding hydrogens is 420 g/mol. The summed E-state index contributed by atoms with van der Waals surface area (Å²) < 4.78 is 32.7. The lowest BCUT2D eigenvalue weighted by Gasteiger charge is -2.09. The molecule has 0 spiro atoms. The molecule has 0 saturated carbocycles. The Morgan fingerprint density at radius 2 is 1.62 bits per heavy atom. The molecule has 2 aromatic heterocycles. The summed E-state index contributed by atoms with van der Waals surface area (Å²) in [5.74, 6) is 2.27. The van der Waals surface area contributed by atoms with E-state index in [2.05, 4.69) is 15.3 Å². The Labute approximate surface area is 182 Å². The maximum absolute atomic E-state index is 12.3. The molecule has 0 aliphatic rings. The van der Waals surface area contributed by atoms with E-state index in [1.54, 1.807) is 43.5 Å². The van der Waals surface area contributed by atoms with Crippen LogP contribution in [0.1, 0.15) is 5.89 Å². The molecule has 166 valence electrons. The van der Waals surface area contributed by atoms with Crippen LogP contribution in [0, 0.1) is 0 Å². The Hall–Kier alpha value is -4.28. The molecule has 0 fully saturated rings. The topological polar surface area (TPSA) is 124 Å². The molecule has 2 aromatic carbocycles. The Balaban J connectivity index is 1.66. The molecule has 11 heteroatoms. The summed E-state index contributed by atoms with van der Waals surface area (Å²) in [5, 5.41) is 7.88. The van der Waals surface area contributed by atoms with Crippen molar-refractivity contribution in [2.24, 2.45) is 0 Å². The van der Waals surface area contributed by atoms with Gasteiger partial charge in [-0.2, -0.15) is 4.98 Å². The Morgan fingerprint density at radius 3 is 2.34 bits per heavy atom. The second kappa shape index (κ2) is 8.84. The molecule has 32 heavy (non-hydrogen) atoms. The van der Waals surface area contributed by atoms with Crippen molar-refractivity contribution in [2.75, 3.05) is 28.4 Å². The third kappa shape index (κ3) is 3.87. The molecule has 0 N–H and O–H groups in total. The van der Waals surface area contributed by atoms with Crippen molar-refractivity contribution in [3.63, 3.8) is 0 Å². The van der Waals surface area contributed by atoms with Crippen molar-refractivity contribution in [3.8, 4) is 45.8 Å². The standard InChI is InChI=1S/C21H20N4O7/c1-27-13-6-7-14(16(10-13)29-3)19-22-18(31-23-19)11-25-20(24-32-21(25)26)12-5-8-15(28-2)17(9-12)30-4/h5-10H,11H2,1-4H3. The van der Waals surface area contributed by atoms with Crippen LogP contribution in [0.3, 0.4) is 0 Å². The van der Waals surface area contributed by atoms with Gasteiger partial charge in [-0.15, -0.1) is 0 Å². The zero-order valence-corrected chi connectivity index (χ0v) is 17.8. The minimum Gasteiger partial charge on any atom is -0.497 e. The molecular formula is C21H20N4O7. The average molecular weight is 440 g/mol. The molecule has 0 aliphatic carbocycles. The van der Waals surface area contributed by atoms with Gasteiger partial charge in [0.1, 0.15) is 18.0 Å². The number of benzene rings is 2. The van der Waals surface area contributed by atoms with Crippen LogP contribution >= 0.6 is 0 Å². The van der Waals surface area contributed by atoms with Crippen molar-refractivity contribution >= 4 is 0 Å². The second-order valence-electron chi connectivity index (χ2n) is 6.51. The largest absolute Gasteiger partial charge is 0.497 e. The Kier molecular flexibility index (Phi) is 5.79. The lowest BCUT2D eigenvalue weighted by Crippen LogP contribution is -2.16. The first-order chi connectivity index (χ1) is 15.6. The van der Waals surface area contributed by atoms with Gasteiger partial charge >= 0.3 is 5.76 Å². The number of ether oxygens (including phenoxy) is 4. The summed E-state index contributed by atoms with van der Waals surface area (Å²) in [6, 6.07) is 10.4. The Bertz CT molecular complexity index is 1290. The summed E-state index contributed by atoms with van der Waals surface area (Å²) in [6.45, 7) is -0.0442. The van der Waals surface area contributed by atoms with E-state index < -0.39 is 5.76 Å². The van der Waals surface area contributed by atoms with E-state index in [0.29, 0.717) is 39.9 Å². The first kappa shape index (κ1) is 21.0. The molecule has 0 saturated heterocycles. The van der Waals surface area contributed by atoms with E-state index in [9.17, 15) is 4.79 Å². The van der Waals surface area contributed by atoms with Gasteiger partial charge in [-0.05, 0) is 30.3 Å². The van der Waals surface area contributed by atoms with E-state index in [1.165, 1.54) is 25.9 Å². The monoisotopic (exact) mass is 440 g/mol. The molecule has 4 aromatic rings. The summed E-state index contributed by atoms with van der Waals surface area (Å²) in [5.41, 5.74) is 1.20. The van der Waals surface area contributed by atoms with Gasteiger partial charge in [0.25, 0.3) is 0 Å². The SMILES string of the molecule is COc1ccc(-c2noc(Cn3c(-c4ccc(OC)c(OC)c4)noc3=O)n2)c(OC)c1. The molecule has 2 heterocycles. The summed E-state index contributed by atoms with van der Waals surface area (Å²) >= 11 is 0. The first-order valence-corrected chi connectivity index (χ1v) is 9.41. The maximum Gasteiger partial charge on any atom is 0.442 e. The van der Waals surface area contributed by atoms with Crippen LogP contribution in [-0.2, 0) is 6.54 Å². The normalized spacial score (nSPS) is 10.8. The number of methoxy groups -OCH3 is 4. The van der Waals surface area contributed by atoms with Gasteiger partial charge in [0.05, 0.1) is 34.0 Å². The predicted molar refractivity (Wildman–Crippen MR) is 111 cm³/mol. The van der Waals surface area contributed by atoms with Crippen molar-refractivity contribution < 1.29 is 28.0 Å². The predicted octanol–water partition coefficient (Wildman–Crippen LogP) is 2.64. The molecule has 4 rings (SSSR count). The summed E-state index contributed by atoms with van der Waals surface area (Å²) in [7, 11) is 6.15. The van der Waals surface area contributed by atoms with Crippen LogP contribution in [0.5, 0.6) is 23.0 Å². The quantitative estimate of drug-likeness (QED) is 0.404. The zero-order chi connectivity index (χ0) is 22.7. The average Bonchev–Trinajstić information content (AvgIpc) is 3.45. The lowest BCUT2D eigenvalue weighted by atomic mass is 10.2. The van der Waals surface area contributed by atoms with Gasteiger partial charge in [-0.3, -0.25) is 4.52 Å². The van der Waals surface area contributed by atoms with Gasteiger partial charge in [-0.1, -0.05) is 10.3 Å². The van der Waals surface area contributed by atoms with Gasteiger partial charge in [0, 0.05) is 11.6 Å². The van der Waals surface area contributed by atoms with Gasteiger partial charge < -0.3 is 23.5 Å². The summed E-state index contributed by atoms with van der Waals surface area (Å²) in [6.07, 6.45) is 0. The highest BCUT2D eigenvalue weighted by Gasteiger charge is 2.20. The van der Waals surface area contributed by atoms with Crippen LogP contribution in [0.4, 0.5) is 0 Å². The maximum atomic E-state index is 12.3. The van der Waals surface area contributed by atoms with Crippen molar-refractivity contribution in [3.05, 3.63) is 52.8 Å². The first-order valence-electron chi connectivity index (χ1n) is 9.41. The molecule has 0 amide bonds. The highest BCUT2D eigenvalue weighted by atomic mass is 16.5. The van der Waals surface area contributed by atoms with Gasteiger partial charge in [-0.25, -0.2) is 9.36 Å². The van der Waals surface area contributed by atoms with Crippen molar-refractivity contribution in [1.29, 1.82) is 0 Å². The third-order valence-corrected chi connectivity index (χ3v) is 4.74. The molecule has 11 nitrogen and oxygen atoms in total. The van der Waals surface area contributed by atoms with Crippen LogP contribution in [0.2, 0.25) is 0 Å². The Morgan fingerprint density at radius 1 is 0.844 bits per heavy atom. The molecule has 0 bridgehead atoms. The minimum absolute atomic E-state index is 0.0442. The fourth-order valence-electron chi connectivity index (χ4n) is 3.14. The molecule has 0 aliphatic heterocycles. The van der Waals surface area contributed by atoms with Gasteiger partial charge in [0.2, 0.25) is 11.7 Å². The number of hydrogen-bond acceptors (Lipinski definition) is 10. The van der Waals surface area contributed by atoms with Crippen LogP contribution in [-0.4, -0.2) is 48.3 Å². The zero-order valence-electron chi connectivity index (χ0n) is 17.8. The van der Waals surface area contributed by atoms with Crippen LogP contribution in [0.25, 0.3) is 22.8 Å². The third-order valence-electron chi connectivity index (χ3n) is 4.74. The minimum atomic E-state index is -0.670. The van der Waals surface area contributed by atoms with E-state index in [1.807, 2.05) is 0 Å². The lowest BCUT2D eigenvalue weighted by molar-refractivity contribution is 0.353. The summed E-state index contributed by atoms with van der Waals surface area (Å²) in [4.78, 5) is 16.7. The highest BCUT2D eigenvalue weighted by Crippen LogP contribution is 2.33. The van der Waals surface area contributed by atoms with Crippen molar-refractivity contribution in [1.82, 2.24) is 19.9 Å². The van der Waals surface area contributed by atoms with E-state index in [4.69, 9.17) is 28.0 Å². The molecule has 0 atom stereocenters. The van der Waals surface area contributed by atoms with E-state index in [0.717, 1.165) is 0 Å². The fraction of sp³-hybridized carbons (Fsp3) is 0.238. The fourth-order valence-corrected chi connectivity index (χ4v) is 3.14. The number of hydrogen-bond donors (Lipinski definition) is 0. The molecule has 0 unspecified atom stereocenters. The second-order valence-corrected chi connectivity index (χ2v) is 6.51.